The van der Waals surface area contributed by atoms with Crippen molar-refractivity contribution in [1.29, 1.82) is 0 Å². The van der Waals surface area contributed by atoms with Crippen LogP contribution in [0.3, 0.4) is 0 Å². The number of rotatable bonds is 14. The van der Waals surface area contributed by atoms with Crippen molar-refractivity contribution in [3.8, 4) is 0 Å². The van der Waals surface area contributed by atoms with E-state index < -0.39 is 12.6 Å². The van der Waals surface area contributed by atoms with Gasteiger partial charge in [0.15, 0.2) is 0 Å². The molecule has 0 rings (SSSR count). The Kier molecular flexibility index (Phi) is 13.9. The zero-order valence-corrected chi connectivity index (χ0v) is 18.5. The van der Waals surface area contributed by atoms with E-state index in [1.807, 2.05) is 0 Å². The molecule has 0 radical (unpaired) electrons. The lowest BCUT2D eigenvalue weighted by atomic mass is 9.90. The van der Waals surface area contributed by atoms with Crippen LogP contribution in [0.4, 0.5) is 13.2 Å². The van der Waals surface area contributed by atoms with Gasteiger partial charge in [-0.25, -0.2) is 0 Å². The molecule has 0 unspecified atom stereocenters. The van der Waals surface area contributed by atoms with Gasteiger partial charge in [0.1, 0.15) is 0 Å². The molecule has 0 aromatic rings. The highest BCUT2D eigenvalue weighted by Gasteiger charge is 2.36. The highest BCUT2D eigenvalue weighted by atomic mass is 33.1. The van der Waals surface area contributed by atoms with Crippen LogP contribution in [-0.2, 0) is 0 Å². The highest BCUT2D eigenvalue weighted by Crippen LogP contribution is 2.46. The summed E-state index contributed by atoms with van der Waals surface area (Å²) in [5.74, 6) is 0.190. The zero-order chi connectivity index (χ0) is 19.3. The second-order valence-corrected chi connectivity index (χ2v) is 11.4. The van der Waals surface area contributed by atoms with Gasteiger partial charge < -0.3 is 0 Å². The molecule has 0 amide bonds. The number of hydrogen-bond donors (Lipinski definition) is 0. The largest absolute Gasteiger partial charge is 0.390 e. The van der Waals surface area contributed by atoms with E-state index in [1.54, 1.807) is 10.8 Å². The Balaban J connectivity index is 4.84. The number of unbranched alkanes of at least 4 members (excludes halogenated alkanes) is 6. The van der Waals surface area contributed by atoms with E-state index >= 15 is 0 Å². The summed E-state index contributed by atoms with van der Waals surface area (Å²) in [6.07, 6.45) is 6.35. The maximum Gasteiger partial charge on any atom is 0.390 e. The maximum atomic E-state index is 13.1. The van der Waals surface area contributed by atoms with Gasteiger partial charge in [-0.1, -0.05) is 108 Å². The van der Waals surface area contributed by atoms with Crippen molar-refractivity contribution in [2.75, 3.05) is 0 Å². The molecule has 0 saturated heterocycles. The number of hydrogen-bond acceptors (Lipinski definition) is 2. The quantitative estimate of drug-likeness (QED) is 0.211. The summed E-state index contributed by atoms with van der Waals surface area (Å²) in [6, 6.07) is 0. The Hall–Kier alpha value is 0.490. The van der Waals surface area contributed by atoms with Crippen molar-refractivity contribution in [1.82, 2.24) is 0 Å². The summed E-state index contributed by atoms with van der Waals surface area (Å²) in [7, 11) is 3.10. The van der Waals surface area contributed by atoms with Crippen LogP contribution in [0.5, 0.6) is 0 Å². The summed E-state index contributed by atoms with van der Waals surface area (Å²) in [6.45, 7) is 10.6. The third kappa shape index (κ3) is 16.4. The Morgan fingerprint density at radius 1 is 0.760 bits per heavy atom. The Morgan fingerprint density at radius 3 is 1.60 bits per heavy atom. The SMILES string of the molecule is CCCCCCC(CCCCCC)[C@@H](CC(F)(F)F)SSC(C)(C)C. The average Bonchev–Trinajstić information content (AvgIpc) is 2.48. The molecule has 0 bridgehead atoms. The Bertz CT molecular complexity index is 299. The molecule has 0 aliphatic rings. The normalized spacial score (nSPS) is 14.3. The molecule has 0 saturated carbocycles. The molecule has 0 aromatic carbocycles. The lowest BCUT2D eigenvalue weighted by molar-refractivity contribution is -0.136. The fraction of sp³-hybridized carbons (Fsp3) is 1.00. The molecule has 152 valence electrons. The molecule has 0 fully saturated rings. The van der Waals surface area contributed by atoms with Crippen molar-refractivity contribution < 1.29 is 13.2 Å². The molecule has 0 heterocycles. The van der Waals surface area contributed by atoms with Crippen LogP contribution in [0.1, 0.15) is 105 Å². The molecule has 0 N–H and O–H groups in total. The van der Waals surface area contributed by atoms with E-state index in [0.29, 0.717) is 0 Å². The number of halogens is 3. The highest BCUT2D eigenvalue weighted by molar-refractivity contribution is 8.77. The molecular weight excluding hydrogens is 361 g/mol. The first-order chi connectivity index (χ1) is 11.6. The van der Waals surface area contributed by atoms with Crippen molar-refractivity contribution in [3.63, 3.8) is 0 Å². The predicted octanol–water partition coefficient (Wildman–Crippen LogP) is 9.04. The smallest absolute Gasteiger partial charge is 0.171 e. The first-order valence-electron chi connectivity index (χ1n) is 10.00. The molecule has 0 spiro atoms. The molecule has 1 atom stereocenters. The van der Waals surface area contributed by atoms with Gasteiger partial charge in [-0.15, -0.1) is 0 Å². The van der Waals surface area contributed by atoms with Gasteiger partial charge in [0, 0.05) is 10.00 Å². The lowest BCUT2D eigenvalue weighted by Gasteiger charge is -2.30. The average molecular weight is 401 g/mol. The minimum absolute atomic E-state index is 0.0104. The second-order valence-electron chi connectivity index (χ2n) is 8.11. The van der Waals surface area contributed by atoms with Crippen molar-refractivity contribution in [2.24, 2.45) is 5.92 Å². The van der Waals surface area contributed by atoms with Crippen LogP contribution in [0, 0.1) is 5.92 Å². The van der Waals surface area contributed by atoms with Crippen LogP contribution < -0.4 is 0 Å². The molecule has 0 aliphatic carbocycles. The van der Waals surface area contributed by atoms with Gasteiger partial charge in [-0.05, 0) is 18.8 Å². The Morgan fingerprint density at radius 2 is 1.24 bits per heavy atom. The van der Waals surface area contributed by atoms with Crippen LogP contribution in [0.25, 0.3) is 0 Å². The first kappa shape index (κ1) is 25.5. The third-order valence-electron chi connectivity index (χ3n) is 4.24. The fourth-order valence-electron chi connectivity index (χ4n) is 2.90. The molecule has 0 aliphatic heterocycles. The summed E-state index contributed by atoms with van der Waals surface area (Å²) in [5, 5.41) is -0.313. The fourth-order valence-corrected chi connectivity index (χ4v) is 5.91. The van der Waals surface area contributed by atoms with E-state index in [-0.39, 0.29) is 15.9 Å². The Labute approximate surface area is 162 Å². The standard InChI is InChI=1S/C20H39F3S2/c1-6-8-10-12-14-17(15-13-11-9-7-2)18(16-20(21,22)23)24-25-19(3,4)5/h17-18H,6-16H2,1-5H3/t18-/m1/s1. The van der Waals surface area contributed by atoms with Crippen molar-refractivity contribution >= 4 is 21.6 Å². The van der Waals surface area contributed by atoms with Gasteiger partial charge >= 0.3 is 6.18 Å². The molecule has 0 aromatic heterocycles. The van der Waals surface area contributed by atoms with Crippen LogP contribution in [0.15, 0.2) is 0 Å². The van der Waals surface area contributed by atoms with E-state index in [1.165, 1.54) is 36.5 Å². The van der Waals surface area contributed by atoms with E-state index in [2.05, 4.69) is 34.6 Å². The third-order valence-corrected chi connectivity index (χ3v) is 8.16. The molecule has 5 heteroatoms. The van der Waals surface area contributed by atoms with Gasteiger partial charge in [-0.3, -0.25) is 0 Å². The predicted molar refractivity (Wildman–Crippen MR) is 110 cm³/mol. The van der Waals surface area contributed by atoms with Crippen LogP contribution in [0.2, 0.25) is 0 Å². The topological polar surface area (TPSA) is 0 Å². The van der Waals surface area contributed by atoms with Crippen LogP contribution >= 0.6 is 21.6 Å². The van der Waals surface area contributed by atoms with E-state index in [0.717, 1.165) is 38.5 Å². The summed E-state index contributed by atoms with van der Waals surface area (Å²) < 4.78 is 39.4. The maximum absolute atomic E-state index is 13.1. The molecule has 25 heavy (non-hydrogen) atoms. The minimum atomic E-state index is -4.07. The van der Waals surface area contributed by atoms with E-state index in [4.69, 9.17) is 0 Å². The minimum Gasteiger partial charge on any atom is -0.171 e. The first-order valence-corrected chi connectivity index (χ1v) is 12.2. The number of alkyl halides is 3. The van der Waals surface area contributed by atoms with Gasteiger partial charge in [0.25, 0.3) is 0 Å². The van der Waals surface area contributed by atoms with Crippen LogP contribution in [-0.4, -0.2) is 16.2 Å². The second kappa shape index (κ2) is 13.6. The lowest BCUT2D eigenvalue weighted by Crippen LogP contribution is -2.25. The molecule has 0 nitrogen and oxygen atoms in total. The molecular formula is C20H39F3S2. The summed E-state index contributed by atoms with van der Waals surface area (Å²) in [5.41, 5.74) is 0. The monoisotopic (exact) mass is 400 g/mol. The van der Waals surface area contributed by atoms with Crippen molar-refractivity contribution in [2.45, 2.75) is 121 Å². The van der Waals surface area contributed by atoms with Crippen molar-refractivity contribution in [3.05, 3.63) is 0 Å². The van der Waals surface area contributed by atoms with Gasteiger partial charge in [-0.2, -0.15) is 13.2 Å². The van der Waals surface area contributed by atoms with Gasteiger partial charge in [0.2, 0.25) is 0 Å². The summed E-state index contributed by atoms with van der Waals surface area (Å²) >= 11 is 0. The summed E-state index contributed by atoms with van der Waals surface area (Å²) in [4.78, 5) is 0. The van der Waals surface area contributed by atoms with Gasteiger partial charge in [0.05, 0.1) is 6.42 Å². The van der Waals surface area contributed by atoms with E-state index in [9.17, 15) is 13.2 Å². The zero-order valence-electron chi connectivity index (χ0n) is 16.9.